The van der Waals surface area contributed by atoms with Gasteiger partial charge in [-0.05, 0) is 49.4 Å². The highest BCUT2D eigenvalue weighted by atomic mass is 16.5. The first-order valence-electron chi connectivity index (χ1n) is 12.4. The molecular weight excluding hydrogens is 484 g/mol. The summed E-state index contributed by atoms with van der Waals surface area (Å²) < 4.78 is 7.25. The van der Waals surface area contributed by atoms with Crippen molar-refractivity contribution in [1.82, 2.24) is 19.5 Å². The fourth-order valence-electron chi connectivity index (χ4n) is 4.12. The van der Waals surface area contributed by atoms with E-state index in [0.29, 0.717) is 35.5 Å². The Labute approximate surface area is 220 Å². The quantitative estimate of drug-likeness (QED) is 0.281. The van der Waals surface area contributed by atoms with Crippen molar-refractivity contribution in [2.45, 2.75) is 13.0 Å². The van der Waals surface area contributed by atoms with Crippen LogP contribution in [-0.2, 0) is 4.74 Å². The number of imidazole rings is 1. The summed E-state index contributed by atoms with van der Waals surface area (Å²) in [5.74, 6) is 1.69. The van der Waals surface area contributed by atoms with Crippen LogP contribution in [0.3, 0.4) is 0 Å². The molecule has 3 heterocycles. The number of nitrogens with zero attached hydrogens (tertiary/aromatic N) is 5. The molecule has 1 aliphatic heterocycles. The van der Waals surface area contributed by atoms with Gasteiger partial charge in [-0.1, -0.05) is 12.1 Å². The minimum absolute atomic E-state index is 0.339. The number of aromatic nitrogens is 4. The average Bonchev–Trinajstić information content (AvgIpc) is 3.43. The largest absolute Gasteiger partial charge is 0.392 e. The van der Waals surface area contributed by atoms with Gasteiger partial charge >= 0.3 is 6.03 Å². The summed E-state index contributed by atoms with van der Waals surface area (Å²) in [6.45, 7) is 5.20. The average molecular weight is 515 g/mol. The number of aliphatic hydroxyl groups excluding tert-OH is 1. The summed E-state index contributed by atoms with van der Waals surface area (Å²) in [4.78, 5) is 28.2. The second kappa shape index (κ2) is 11.7. The van der Waals surface area contributed by atoms with Crippen LogP contribution >= 0.6 is 0 Å². The molecule has 0 unspecified atom stereocenters. The van der Waals surface area contributed by atoms with Gasteiger partial charge in [-0.3, -0.25) is 4.57 Å². The Morgan fingerprint density at radius 2 is 1.82 bits per heavy atom. The molecule has 5 rings (SSSR count). The van der Waals surface area contributed by atoms with Crippen LogP contribution in [0.1, 0.15) is 6.92 Å². The molecule has 2 aromatic carbocycles. The lowest BCUT2D eigenvalue weighted by Gasteiger charge is -2.28. The van der Waals surface area contributed by atoms with Crippen LogP contribution in [0.4, 0.5) is 27.8 Å². The number of urea groups is 1. The Bertz CT molecular complexity index is 1370. The summed E-state index contributed by atoms with van der Waals surface area (Å²) in [5.41, 5.74) is 3.24. The molecule has 0 aliphatic carbocycles. The van der Waals surface area contributed by atoms with Crippen molar-refractivity contribution in [1.29, 1.82) is 0 Å². The maximum Gasteiger partial charge on any atom is 0.323 e. The summed E-state index contributed by atoms with van der Waals surface area (Å²) >= 11 is 0. The van der Waals surface area contributed by atoms with Crippen LogP contribution in [0.5, 0.6) is 0 Å². The van der Waals surface area contributed by atoms with E-state index in [2.05, 4.69) is 35.8 Å². The molecule has 1 fully saturated rings. The van der Waals surface area contributed by atoms with Gasteiger partial charge in [0.1, 0.15) is 11.6 Å². The number of ether oxygens (including phenoxy) is 1. The van der Waals surface area contributed by atoms with Crippen LogP contribution in [0, 0.1) is 0 Å². The van der Waals surface area contributed by atoms with E-state index >= 15 is 0 Å². The first-order valence-corrected chi connectivity index (χ1v) is 12.4. The Balaban J connectivity index is 1.26. The van der Waals surface area contributed by atoms with Gasteiger partial charge in [0.05, 0.1) is 19.3 Å². The Hall–Kier alpha value is -4.48. The van der Waals surface area contributed by atoms with Crippen LogP contribution in [-0.4, -0.2) is 69.6 Å². The van der Waals surface area contributed by atoms with Gasteiger partial charge < -0.3 is 30.7 Å². The lowest BCUT2D eigenvalue weighted by Crippen LogP contribution is -2.36. The topological polar surface area (TPSA) is 129 Å². The third-order valence-corrected chi connectivity index (χ3v) is 5.96. The molecule has 1 saturated heterocycles. The Kier molecular flexibility index (Phi) is 7.76. The number of morpholine rings is 1. The molecule has 0 radical (unpaired) electrons. The third-order valence-electron chi connectivity index (χ3n) is 5.96. The summed E-state index contributed by atoms with van der Waals surface area (Å²) in [5, 5.41) is 18.3. The zero-order valence-electron chi connectivity index (χ0n) is 21.0. The van der Waals surface area contributed by atoms with E-state index in [0.717, 1.165) is 37.6 Å². The van der Waals surface area contributed by atoms with Gasteiger partial charge in [-0.25, -0.2) is 14.8 Å². The van der Waals surface area contributed by atoms with Gasteiger partial charge in [0, 0.05) is 60.9 Å². The van der Waals surface area contributed by atoms with Crippen molar-refractivity contribution >= 4 is 29.0 Å². The molecule has 2 aromatic heterocycles. The molecule has 2 amide bonds. The third kappa shape index (κ3) is 6.25. The van der Waals surface area contributed by atoms with E-state index in [1.54, 1.807) is 25.4 Å². The minimum Gasteiger partial charge on any atom is -0.392 e. The number of benzene rings is 2. The van der Waals surface area contributed by atoms with Crippen molar-refractivity contribution < 1.29 is 14.6 Å². The highest BCUT2D eigenvalue weighted by molar-refractivity contribution is 6.00. The molecule has 4 N–H and O–H groups in total. The van der Waals surface area contributed by atoms with E-state index < -0.39 is 6.10 Å². The maximum atomic E-state index is 12.7. The molecule has 11 nitrogen and oxygen atoms in total. The smallest absolute Gasteiger partial charge is 0.323 e. The van der Waals surface area contributed by atoms with E-state index in [1.165, 1.54) is 0 Å². The van der Waals surface area contributed by atoms with Crippen LogP contribution in [0.2, 0.25) is 0 Å². The highest BCUT2D eigenvalue weighted by Gasteiger charge is 2.13. The van der Waals surface area contributed by atoms with Crippen molar-refractivity contribution in [2.24, 2.45) is 0 Å². The number of carbonyl (C=O) groups is 1. The fraction of sp³-hybridized carbons (Fsp3) is 0.259. The van der Waals surface area contributed by atoms with Crippen LogP contribution in [0.15, 0.2) is 73.2 Å². The lowest BCUT2D eigenvalue weighted by atomic mass is 10.2. The van der Waals surface area contributed by atoms with Crippen molar-refractivity contribution in [3.63, 3.8) is 0 Å². The second-order valence-electron chi connectivity index (χ2n) is 8.90. The monoisotopic (exact) mass is 514 g/mol. The van der Waals surface area contributed by atoms with Crippen molar-refractivity contribution in [3.8, 4) is 17.2 Å². The van der Waals surface area contributed by atoms with E-state index in [9.17, 15) is 9.90 Å². The lowest BCUT2D eigenvalue weighted by molar-refractivity contribution is 0.122. The Morgan fingerprint density at radius 1 is 1.03 bits per heavy atom. The number of hydrogen-bond acceptors (Lipinski definition) is 8. The van der Waals surface area contributed by atoms with Crippen molar-refractivity contribution in [2.75, 3.05) is 53.7 Å². The predicted molar refractivity (Wildman–Crippen MR) is 147 cm³/mol. The van der Waals surface area contributed by atoms with Gasteiger partial charge in [0.2, 0.25) is 5.95 Å². The molecule has 196 valence electrons. The van der Waals surface area contributed by atoms with Gasteiger partial charge in [-0.2, -0.15) is 4.98 Å². The predicted octanol–water partition coefficient (Wildman–Crippen LogP) is 3.60. The number of carbonyl (C=O) groups excluding carboxylic acids is 1. The SMILES string of the molecule is C[C@H](O)CNc1nccc(-n2ccnc2-c2cccc(NC(=O)Nc3ccc(N4CCOCC4)cc3)c2)n1. The maximum absolute atomic E-state index is 12.7. The number of nitrogens with one attached hydrogen (secondary N) is 3. The normalized spacial score (nSPS) is 14.1. The molecule has 11 heteroatoms. The standard InChI is InChI=1S/C27H30N8O3/c1-19(36)18-30-26-29-10-9-24(33-26)35-12-11-28-25(35)20-3-2-4-22(17-20)32-27(37)31-21-5-7-23(8-6-21)34-13-15-38-16-14-34/h2-12,17,19,36H,13-16,18H2,1H3,(H,29,30,33)(H2,31,32,37)/t19-/m0/s1. The molecule has 0 bridgehead atoms. The molecule has 0 spiro atoms. The highest BCUT2D eigenvalue weighted by Crippen LogP contribution is 2.24. The van der Waals surface area contributed by atoms with Gasteiger partial charge in [0.15, 0.2) is 0 Å². The zero-order chi connectivity index (χ0) is 26.3. The fourth-order valence-corrected chi connectivity index (χ4v) is 4.12. The van der Waals surface area contributed by atoms with Gasteiger partial charge in [-0.15, -0.1) is 0 Å². The van der Waals surface area contributed by atoms with Gasteiger partial charge in [0.25, 0.3) is 0 Å². The number of anilines is 4. The van der Waals surface area contributed by atoms with E-state index in [-0.39, 0.29) is 6.03 Å². The Morgan fingerprint density at radius 3 is 2.61 bits per heavy atom. The molecule has 38 heavy (non-hydrogen) atoms. The molecule has 0 saturated carbocycles. The second-order valence-corrected chi connectivity index (χ2v) is 8.90. The number of hydrogen-bond donors (Lipinski definition) is 4. The number of aliphatic hydroxyl groups is 1. The summed E-state index contributed by atoms with van der Waals surface area (Å²) in [6.07, 6.45) is 4.62. The summed E-state index contributed by atoms with van der Waals surface area (Å²) in [7, 11) is 0. The first-order chi connectivity index (χ1) is 18.5. The molecular formula is C27H30N8O3. The molecule has 1 aliphatic rings. The van der Waals surface area contributed by atoms with E-state index in [4.69, 9.17) is 4.74 Å². The summed E-state index contributed by atoms with van der Waals surface area (Å²) in [6, 6.07) is 16.7. The number of amides is 2. The molecule has 4 aromatic rings. The van der Waals surface area contributed by atoms with E-state index in [1.807, 2.05) is 59.3 Å². The van der Waals surface area contributed by atoms with Crippen LogP contribution in [0.25, 0.3) is 17.2 Å². The molecule has 1 atom stereocenters. The minimum atomic E-state index is -0.520. The van der Waals surface area contributed by atoms with Crippen molar-refractivity contribution in [3.05, 3.63) is 73.2 Å². The zero-order valence-corrected chi connectivity index (χ0v) is 21.0. The van der Waals surface area contributed by atoms with Crippen LogP contribution < -0.4 is 20.9 Å². The first kappa shape index (κ1) is 25.2. The number of rotatable bonds is 8.